The van der Waals surface area contributed by atoms with E-state index in [1.54, 1.807) is 25.1 Å². The second-order valence-corrected chi connectivity index (χ2v) is 8.40. The van der Waals surface area contributed by atoms with E-state index < -0.39 is 10.0 Å². The molecule has 0 bridgehead atoms. The van der Waals surface area contributed by atoms with E-state index in [1.165, 1.54) is 0 Å². The first-order chi connectivity index (χ1) is 12.7. The molecule has 0 saturated heterocycles. The van der Waals surface area contributed by atoms with Crippen molar-refractivity contribution in [1.82, 2.24) is 5.32 Å². The Bertz CT molecular complexity index is 908. The van der Waals surface area contributed by atoms with Crippen LogP contribution >= 0.6 is 0 Å². The molecule has 0 aliphatic carbocycles. The molecule has 2 aromatic carbocycles. The Morgan fingerprint density at radius 1 is 1.11 bits per heavy atom. The van der Waals surface area contributed by atoms with Gasteiger partial charge < -0.3 is 10.1 Å². The highest BCUT2D eigenvalue weighted by Crippen LogP contribution is 2.25. The van der Waals surface area contributed by atoms with Gasteiger partial charge >= 0.3 is 0 Å². The molecule has 0 spiro atoms. The number of hydrogen-bond donors (Lipinski definition) is 2. The van der Waals surface area contributed by atoms with Crippen LogP contribution in [0.5, 0.6) is 5.75 Å². The van der Waals surface area contributed by atoms with E-state index in [1.807, 2.05) is 24.3 Å². The van der Waals surface area contributed by atoms with Crippen LogP contribution in [0.25, 0.3) is 0 Å². The predicted octanol–water partition coefficient (Wildman–Crippen LogP) is 3.30. The highest BCUT2D eigenvalue weighted by Gasteiger charge is 2.13. The van der Waals surface area contributed by atoms with Crippen LogP contribution in [0, 0.1) is 6.92 Å². The molecule has 27 heavy (non-hydrogen) atoms. The van der Waals surface area contributed by atoms with Crippen molar-refractivity contribution in [2.75, 3.05) is 24.1 Å². The average molecular weight is 391 g/mol. The summed E-state index contributed by atoms with van der Waals surface area (Å²) in [5, 5.41) is 2.81. The lowest BCUT2D eigenvalue weighted by molar-refractivity contribution is 0.0946. The lowest BCUT2D eigenvalue weighted by Gasteiger charge is -2.15. The van der Waals surface area contributed by atoms with Crippen LogP contribution in [-0.4, -0.2) is 33.7 Å². The minimum absolute atomic E-state index is 0.273. The van der Waals surface area contributed by atoms with Gasteiger partial charge in [-0.2, -0.15) is 0 Å². The largest absolute Gasteiger partial charge is 0.491 e. The molecule has 0 atom stereocenters. The molecule has 2 N–H and O–H groups in total. The topological polar surface area (TPSA) is 84.5 Å². The van der Waals surface area contributed by atoms with E-state index in [-0.39, 0.29) is 5.91 Å². The first-order valence-electron chi connectivity index (χ1n) is 8.76. The number of nitrogens with one attached hydrogen (secondary N) is 2. The zero-order valence-corrected chi connectivity index (χ0v) is 16.9. The number of carbonyl (C=O) groups is 1. The van der Waals surface area contributed by atoms with Gasteiger partial charge in [-0.1, -0.05) is 38.1 Å². The quantitative estimate of drug-likeness (QED) is 0.678. The van der Waals surface area contributed by atoms with Crippen LogP contribution in [0.1, 0.15) is 41.3 Å². The van der Waals surface area contributed by atoms with Crippen molar-refractivity contribution in [1.29, 1.82) is 0 Å². The summed E-state index contributed by atoms with van der Waals surface area (Å²) in [5.41, 5.74) is 2.52. The van der Waals surface area contributed by atoms with Gasteiger partial charge in [-0.3, -0.25) is 9.52 Å². The number of rotatable bonds is 8. The Kier molecular flexibility index (Phi) is 6.85. The summed E-state index contributed by atoms with van der Waals surface area (Å²) in [6, 6.07) is 12.8. The molecule has 0 aliphatic heterocycles. The first-order valence-corrected chi connectivity index (χ1v) is 10.7. The fraction of sp³-hybridized carbons (Fsp3) is 0.350. The number of sulfonamides is 1. The van der Waals surface area contributed by atoms with Crippen LogP contribution < -0.4 is 14.8 Å². The maximum Gasteiger partial charge on any atom is 0.251 e. The Hall–Kier alpha value is -2.54. The zero-order valence-electron chi connectivity index (χ0n) is 16.1. The maximum absolute atomic E-state index is 12.4. The highest BCUT2D eigenvalue weighted by molar-refractivity contribution is 7.92. The van der Waals surface area contributed by atoms with Gasteiger partial charge in [0.15, 0.2) is 0 Å². The lowest BCUT2D eigenvalue weighted by Crippen LogP contribution is -2.29. The summed E-state index contributed by atoms with van der Waals surface area (Å²) in [5.74, 6) is 0.895. The molecular weight excluding hydrogens is 364 g/mol. The third kappa shape index (κ3) is 5.99. The van der Waals surface area contributed by atoms with Crippen molar-refractivity contribution in [2.24, 2.45) is 0 Å². The summed E-state index contributed by atoms with van der Waals surface area (Å²) in [4.78, 5) is 12.4. The number of amides is 1. The minimum Gasteiger partial charge on any atom is -0.491 e. The van der Waals surface area contributed by atoms with E-state index in [0.717, 1.165) is 17.6 Å². The number of benzene rings is 2. The molecule has 0 heterocycles. The fourth-order valence-electron chi connectivity index (χ4n) is 2.70. The van der Waals surface area contributed by atoms with Gasteiger partial charge in [-0.05, 0) is 42.2 Å². The number of para-hydroxylation sites is 1. The van der Waals surface area contributed by atoms with Crippen molar-refractivity contribution in [2.45, 2.75) is 26.7 Å². The second kappa shape index (κ2) is 8.90. The monoisotopic (exact) mass is 390 g/mol. The summed E-state index contributed by atoms with van der Waals surface area (Å²) < 4.78 is 31.1. The summed E-state index contributed by atoms with van der Waals surface area (Å²) in [6.45, 7) is 6.59. The Morgan fingerprint density at radius 3 is 2.48 bits per heavy atom. The van der Waals surface area contributed by atoms with E-state index in [4.69, 9.17) is 4.74 Å². The Morgan fingerprint density at radius 2 is 1.81 bits per heavy atom. The summed E-state index contributed by atoms with van der Waals surface area (Å²) >= 11 is 0. The van der Waals surface area contributed by atoms with E-state index in [0.29, 0.717) is 35.9 Å². The molecule has 2 aromatic rings. The van der Waals surface area contributed by atoms with Crippen LogP contribution in [0.15, 0.2) is 42.5 Å². The van der Waals surface area contributed by atoms with Gasteiger partial charge in [0.05, 0.1) is 18.5 Å². The third-order valence-corrected chi connectivity index (χ3v) is 4.65. The molecule has 0 radical (unpaired) electrons. The maximum atomic E-state index is 12.4. The molecule has 0 fully saturated rings. The van der Waals surface area contributed by atoms with Gasteiger partial charge in [-0.25, -0.2) is 8.42 Å². The molecule has 0 unspecified atom stereocenters. The zero-order chi connectivity index (χ0) is 20.0. The fourth-order valence-corrected chi connectivity index (χ4v) is 3.32. The van der Waals surface area contributed by atoms with Gasteiger partial charge in [0.2, 0.25) is 10.0 Å². The molecule has 1 amide bonds. The molecular formula is C20H26N2O4S. The third-order valence-electron chi connectivity index (χ3n) is 4.06. The van der Waals surface area contributed by atoms with Crippen LogP contribution in [0.4, 0.5) is 5.69 Å². The SMILES string of the molecule is Cc1c(NS(C)(=O)=O)cccc1C(=O)NCCOc1ccccc1C(C)C. The normalized spacial score (nSPS) is 11.3. The van der Waals surface area contributed by atoms with Crippen molar-refractivity contribution in [3.05, 3.63) is 59.2 Å². The Balaban J connectivity index is 1.96. The Labute approximate surface area is 161 Å². The molecule has 146 valence electrons. The van der Waals surface area contributed by atoms with Crippen molar-refractivity contribution in [3.63, 3.8) is 0 Å². The predicted molar refractivity (Wildman–Crippen MR) is 108 cm³/mol. The standard InChI is InChI=1S/C20H26N2O4S/c1-14(2)16-8-5-6-11-19(16)26-13-12-21-20(23)17-9-7-10-18(15(17)3)22-27(4,24)25/h5-11,14,22H,12-13H2,1-4H3,(H,21,23). The summed E-state index contributed by atoms with van der Waals surface area (Å²) in [7, 11) is -3.41. The average Bonchev–Trinajstić information content (AvgIpc) is 2.59. The minimum atomic E-state index is -3.41. The smallest absolute Gasteiger partial charge is 0.251 e. The van der Waals surface area contributed by atoms with Gasteiger partial charge in [-0.15, -0.1) is 0 Å². The van der Waals surface area contributed by atoms with Crippen LogP contribution in [-0.2, 0) is 10.0 Å². The lowest BCUT2D eigenvalue weighted by atomic mass is 10.0. The molecule has 0 saturated carbocycles. The van der Waals surface area contributed by atoms with Crippen molar-refractivity contribution in [3.8, 4) is 5.75 Å². The number of ether oxygens (including phenoxy) is 1. The molecule has 6 nitrogen and oxygen atoms in total. The highest BCUT2D eigenvalue weighted by atomic mass is 32.2. The van der Waals surface area contributed by atoms with Gasteiger partial charge in [0.25, 0.3) is 5.91 Å². The van der Waals surface area contributed by atoms with E-state index >= 15 is 0 Å². The van der Waals surface area contributed by atoms with Crippen LogP contribution in [0.2, 0.25) is 0 Å². The number of hydrogen-bond acceptors (Lipinski definition) is 4. The number of anilines is 1. The molecule has 0 aromatic heterocycles. The molecule has 7 heteroatoms. The van der Waals surface area contributed by atoms with Crippen molar-refractivity contribution >= 4 is 21.6 Å². The van der Waals surface area contributed by atoms with Gasteiger partial charge in [0, 0.05) is 5.56 Å². The molecule has 0 aliphatic rings. The van der Waals surface area contributed by atoms with Crippen LogP contribution in [0.3, 0.4) is 0 Å². The van der Waals surface area contributed by atoms with Gasteiger partial charge in [0.1, 0.15) is 12.4 Å². The van der Waals surface area contributed by atoms with Crippen molar-refractivity contribution < 1.29 is 17.9 Å². The second-order valence-electron chi connectivity index (χ2n) is 6.65. The van der Waals surface area contributed by atoms with E-state index in [2.05, 4.69) is 23.9 Å². The molecule has 2 rings (SSSR count). The van der Waals surface area contributed by atoms with E-state index in [9.17, 15) is 13.2 Å². The first kappa shape index (κ1) is 20.8. The summed E-state index contributed by atoms with van der Waals surface area (Å²) in [6.07, 6.45) is 1.07. The number of carbonyl (C=O) groups excluding carboxylic acids is 1.